The number of carbonyl (C=O) groups is 2. The molecule has 0 heterocycles. The van der Waals surface area contributed by atoms with Gasteiger partial charge in [0, 0.05) is 5.56 Å². The molecule has 0 saturated heterocycles. The summed E-state index contributed by atoms with van der Waals surface area (Å²) in [5.41, 5.74) is -0.136. The molecule has 1 amide bonds. The molecule has 0 bridgehead atoms. The van der Waals surface area contributed by atoms with Crippen molar-refractivity contribution in [2.24, 2.45) is 0 Å². The second kappa shape index (κ2) is 5.59. The molecule has 8 heteroatoms. The molecule has 0 aliphatic heterocycles. The zero-order valence-corrected chi connectivity index (χ0v) is 9.52. The molecule has 104 valence electrons. The summed E-state index contributed by atoms with van der Waals surface area (Å²) in [6.45, 7) is -2.71. The molecule has 0 aliphatic carbocycles. The standard InChI is InChI=1S/C11H10F3NO4/c12-11(13,14)6-15(5-9(17)18)10(19)7-1-3-8(16)4-2-7/h1-4,16H,5-6H2,(H,17,18). The van der Waals surface area contributed by atoms with Gasteiger partial charge in [-0.1, -0.05) is 0 Å². The highest BCUT2D eigenvalue weighted by Crippen LogP contribution is 2.19. The first-order valence-corrected chi connectivity index (χ1v) is 5.06. The van der Waals surface area contributed by atoms with Crippen LogP contribution in [0.1, 0.15) is 10.4 Å². The van der Waals surface area contributed by atoms with Gasteiger partial charge in [0.05, 0.1) is 0 Å². The number of halogens is 3. The van der Waals surface area contributed by atoms with E-state index < -0.39 is 31.1 Å². The minimum absolute atomic E-state index is 0.136. The fraction of sp³-hybridized carbons (Fsp3) is 0.273. The van der Waals surface area contributed by atoms with Crippen molar-refractivity contribution < 1.29 is 33.0 Å². The lowest BCUT2D eigenvalue weighted by atomic mass is 10.2. The maximum absolute atomic E-state index is 12.3. The number of nitrogens with zero attached hydrogens (tertiary/aromatic N) is 1. The Morgan fingerprint density at radius 1 is 1.16 bits per heavy atom. The molecule has 0 aromatic heterocycles. The third kappa shape index (κ3) is 4.86. The molecular formula is C11H10F3NO4. The molecule has 1 aromatic carbocycles. The molecule has 19 heavy (non-hydrogen) atoms. The number of hydrogen-bond acceptors (Lipinski definition) is 3. The van der Waals surface area contributed by atoms with Crippen LogP contribution in [0.5, 0.6) is 5.75 Å². The Labute approximate surface area is 105 Å². The smallest absolute Gasteiger partial charge is 0.406 e. The summed E-state index contributed by atoms with van der Waals surface area (Å²) in [5, 5.41) is 17.5. The molecule has 2 N–H and O–H groups in total. The number of benzene rings is 1. The fourth-order valence-corrected chi connectivity index (χ4v) is 1.37. The molecule has 0 saturated carbocycles. The third-order valence-corrected chi connectivity index (χ3v) is 2.10. The van der Waals surface area contributed by atoms with Gasteiger partial charge in [-0.15, -0.1) is 0 Å². The summed E-state index contributed by atoms with van der Waals surface area (Å²) >= 11 is 0. The Bertz CT molecular complexity index is 470. The number of rotatable bonds is 4. The number of phenols is 1. The number of carboxylic acids is 1. The van der Waals surface area contributed by atoms with Crippen LogP contribution in [0.4, 0.5) is 13.2 Å². The molecule has 1 rings (SSSR count). The van der Waals surface area contributed by atoms with Gasteiger partial charge in [-0.2, -0.15) is 13.2 Å². The maximum atomic E-state index is 12.3. The molecule has 0 atom stereocenters. The van der Waals surface area contributed by atoms with Gasteiger partial charge in [-0.3, -0.25) is 9.59 Å². The third-order valence-electron chi connectivity index (χ3n) is 2.10. The van der Waals surface area contributed by atoms with E-state index in [1.165, 1.54) is 0 Å². The molecule has 0 fully saturated rings. The van der Waals surface area contributed by atoms with Crippen molar-refractivity contribution in [3.8, 4) is 5.75 Å². The number of aliphatic carboxylic acids is 1. The van der Waals surface area contributed by atoms with Gasteiger partial charge in [-0.05, 0) is 24.3 Å². The largest absolute Gasteiger partial charge is 0.508 e. The van der Waals surface area contributed by atoms with E-state index in [-0.39, 0.29) is 16.2 Å². The average molecular weight is 277 g/mol. The zero-order chi connectivity index (χ0) is 14.6. The van der Waals surface area contributed by atoms with Gasteiger partial charge in [0.15, 0.2) is 0 Å². The van der Waals surface area contributed by atoms with Crippen LogP contribution in [-0.4, -0.2) is 46.3 Å². The number of amides is 1. The zero-order valence-electron chi connectivity index (χ0n) is 9.52. The SMILES string of the molecule is O=C(O)CN(CC(F)(F)F)C(=O)c1ccc(O)cc1. The number of phenolic OH excluding ortho intramolecular Hbond substituents is 1. The summed E-state index contributed by atoms with van der Waals surface area (Å²) in [6.07, 6.45) is -4.69. The lowest BCUT2D eigenvalue weighted by Gasteiger charge is -2.22. The quantitative estimate of drug-likeness (QED) is 0.873. The second-order valence-corrected chi connectivity index (χ2v) is 3.72. The van der Waals surface area contributed by atoms with Crippen molar-refractivity contribution in [3.05, 3.63) is 29.8 Å². The van der Waals surface area contributed by atoms with Crippen LogP contribution in [0.2, 0.25) is 0 Å². The molecular weight excluding hydrogens is 267 g/mol. The van der Waals surface area contributed by atoms with Gasteiger partial charge < -0.3 is 15.1 Å². The normalized spacial score (nSPS) is 11.1. The number of aromatic hydroxyl groups is 1. The van der Waals surface area contributed by atoms with E-state index >= 15 is 0 Å². The van der Waals surface area contributed by atoms with Gasteiger partial charge in [0.1, 0.15) is 18.8 Å². The maximum Gasteiger partial charge on any atom is 0.406 e. The molecule has 0 unspecified atom stereocenters. The van der Waals surface area contributed by atoms with Crippen molar-refractivity contribution in [1.82, 2.24) is 4.90 Å². The van der Waals surface area contributed by atoms with Crippen LogP contribution in [0, 0.1) is 0 Å². The van der Waals surface area contributed by atoms with E-state index in [1.807, 2.05) is 0 Å². The van der Waals surface area contributed by atoms with Crippen LogP contribution >= 0.6 is 0 Å². The first-order chi connectivity index (χ1) is 8.69. The summed E-state index contributed by atoms with van der Waals surface area (Å²) in [6, 6.07) is 4.48. The highest BCUT2D eigenvalue weighted by Gasteiger charge is 2.34. The number of carboxylic acid groups (broad SMARTS) is 1. The molecule has 1 aromatic rings. The van der Waals surface area contributed by atoms with Crippen LogP contribution < -0.4 is 0 Å². The lowest BCUT2D eigenvalue weighted by molar-refractivity contribution is -0.149. The molecule has 0 radical (unpaired) electrons. The Kier molecular flexibility index (Phi) is 4.36. The first-order valence-electron chi connectivity index (χ1n) is 5.06. The van der Waals surface area contributed by atoms with Gasteiger partial charge in [0.25, 0.3) is 5.91 Å². The van der Waals surface area contributed by atoms with Crippen molar-refractivity contribution in [3.63, 3.8) is 0 Å². The van der Waals surface area contributed by atoms with E-state index in [4.69, 9.17) is 10.2 Å². The van der Waals surface area contributed by atoms with Gasteiger partial charge in [0.2, 0.25) is 0 Å². The van der Waals surface area contributed by atoms with Crippen LogP contribution in [0.15, 0.2) is 24.3 Å². The number of hydrogen-bond donors (Lipinski definition) is 2. The fourth-order valence-electron chi connectivity index (χ4n) is 1.37. The number of carbonyl (C=O) groups excluding carboxylic acids is 1. The predicted molar refractivity (Wildman–Crippen MR) is 57.7 cm³/mol. The van der Waals surface area contributed by atoms with Crippen LogP contribution in [0.3, 0.4) is 0 Å². The summed E-state index contributed by atoms with van der Waals surface area (Å²) in [4.78, 5) is 22.4. The molecule has 5 nitrogen and oxygen atoms in total. The van der Waals surface area contributed by atoms with Crippen molar-refractivity contribution in [2.75, 3.05) is 13.1 Å². The Hall–Kier alpha value is -2.25. The molecule has 0 spiro atoms. The van der Waals surface area contributed by atoms with Crippen molar-refractivity contribution in [2.45, 2.75) is 6.18 Å². The van der Waals surface area contributed by atoms with Crippen molar-refractivity contribution >= 4 is 11.9 Å². The minimum atomic E-state index is -4.69. The summed E-state index contributed by atoms with van der Waals surface area (Å²) in [5.74, 6) is -2.77. The predicted octanol–water partition coefficient (Wildman–Crippen LogP) is 1.48. The van der Waals surface area contributed by atoms with Gasteiger partial charge >= 0.3 is 12.1 Å². The molecule has 0 aliphatic rings. The highest BCUT2D eigenvalue weighted by atomic mass is 19.4. The van der Waals surface area contributed by atoms with E-state index in [0.29, 0.717) is 0 Å². The topological polar surface area (TPSA) is 77.8 Å². The van der Waals surface area contributed by atoms with Gasteiger partial charge in [-0.25, -0.2) is 0 Å². The Morgan fingerprint density at radius 2 is 1.68 bits per heavy atom. The van der Waals surface area contributed by atoms with Crippen LogP contribution in [-0.2, 0) is 4.79 Å². The Morgan fingerprint density at radius 3 is 2.11 bits per heavy atom. The Balaban J connectivity index is 2.93. The lowest BCUT2D eigenvalue weighted by Crippen LogP contribution is -2.42. The van der Waals surface area contributed by atoms with E-state index in [9.17, 15) is 22.8 Å². The first kappa shape index (κ1) is 14.8. The van der Waals surface area contributed by atoms with E-state index in [0.717, 1.165) is 24.3 Å². The monoisotopic (exact) mass is 277 g/mol. The summed E-state index contributed by atoms with van der Waals surface area (Å²) < 4.78 is 36.8. The van der Waals surface area contributed by atoms with E-state index in [2.05, 4.69) is 0 Å². The highest BCUT2D eigenvalue weighted by molar-refractivity contribution is 5.96. The summed E-state index contributed by atoms with van der Waals surface area (Å²) in [7, 11) is 0. The minimum Gasteiger partial charge on any atom is -0.508 e. The van der Waals surface area contributed by atoms with Crippen molar-refractivity contribution in [1.29, 1.82) is 0 Å². The average Bonchev–Trinajstić information content (AvgIpc) is 2.25. The second-order valence-electron chi connectivity index (χ2n) is 3.72. The van der Waals surface area contributed by atoms with E-state index in [1.54, 1.807) is 0 Å². The number of alkyl halides is 3. The van der Waals surface area contributed by atoms with Crippen LogP contribution in [0.25, 0.3) is 0 Å².